The maximum atomic E-state index is 11.2. The molecule has 0 N–H and O–H groups in total. The van der Waals surface area contributed by atoms with Crippen molar-refractivity contribution >= 4 is 46.1 Å². The molecule has 0 aliphatic heterocycles. The zero-order chi connectivity index (χ0) is 10.6. The van der Waals surface area contributed by atoms with E-state index in [2.05, 4.69) is 4.18 Å². The molecular weight excluding hydrogens is 231 g/mol. The molecule has 1 aromatic carbocycles. The van der Waals surface area contributed by atoms with E-state index in [0.29, 0.717) is 5.75 Å². The second kappa shape index (κ2) is 6.12. The Morgan fingerprint density at radius 1 is 1.33 bits per heavy atom. The van der Waals surface area contributed by atoms with Gasteiger partial charge in [-0.2, -0.15) is 8.42 Å². The van der Waals surface area contributed by atoms with Crippen molar-refractivity contribution < 1.29 is 22.1 Å². The summed E-state index contributed by atoms with van der Waals surface area (Å²) in [6.45, 7) is -0.130. The second-order valence-electron chi connectivity index (χ2n) is 2.33. The van der Waals surface area contributed by atoms with Gasteiger partial charge in [0.2, 0.25) is 0 Å². The van der Waals surface area contributed by atoms with Crippen LogP contribution < -0.4 is 4.74 Å². The van der Waals surface area contributed by atoms with Gasteiger partial charge in [0.1, 0.15) is 10.6 Å². The van der Waals surface area contributed by atoms with E-state index >= 15 is 0 Å². The van der Waals surface area contributed by atoms with Crippen molar-refractivity contribution in [3.63, 3.8) is 0 Å². The zero-order valence-corrected chi connectivity index (χ0v) is 8.15. The van der Waals surface area contributed by atoms with Gasteiger partial charge in [-0.25, -0.2) is 0 Å². The minimum atomic E-state index is -3.99. The number of rotatable bonds is 4. The third kappa shape index (κ3) is 3.83. The summed E-state index contributed by atoms with van der Waals surface area (Å²) < 4.78 is 31.2. The van der Waals surface area contributed by atoms with Gasteiger partial charge in [-0.1, -0.05) is 6.07 Å². The van der Waals surface area contributed by atoms with Gasteiger partial charge >= 0.3 is 46.1 Å². The van der Waals surface area contributed by atoms with Crippen LogP contribution in [0.4, 0.5) is 0 Å². The van der Waals surface area contributed by atoms with Crippen LogP contribution in [-0.2, 0) is 19.1 Å². The van der Waals surface area contributed by atoms with Crippen molar-refractivity contribution in [2.45, 2.75) is 4.90 Å². The number of carbonyl (C=O) groups is 1. The van der Waals surface area contributed by atoms with Crippen molar-refractivity contribution in [2.24, 2.45) is 0 Å². The van der Waals surface area contributed by atoms with Crippen LogP contribution in [0.25, 0.3) is 0 Å². The van der Waals surface area contributed by atoms with Gasteiger partial charge in [-0.15, -0.1) is 0 Å². The molecule has 0 aromatic heterocycles. The molecule has 5 nitrogen and oxygen atoms in total. The van der Waals surface area contributed by atoms with E-state index in [-0.39, 0.29) is 40.9 Å². The molecule has 0 aliphatic rings. The number of methoxy groups -OCH3 is 1. The molecule has 0 atom stereocenters. The standard InChI is InChI=1S/C8H8O5S.Na.H/c1-12-7-3-2-4-8(5-7)14(10,11)13-6-9;;/h2-6H,1H3;;. The van der Waals surface area contributed by atoms with Gasteiger partial charge < -0.3 is 8.92 Å². The first-order valence-electron chi connectivity index (χ1n) is 3.61. The summed E-state index contributed by atoms with van der Waals surface area (Å²) in [5.41, 5.74) is 0. The third-order valence-electron chi connectivity index (χ3n) is 1.50. The Morgan fingerprint density at radius 2 is 2.00 bits per heavy atom. The van der Waals surface area contributed by atoms with Crippen molar-refractivity contribution in [3.05, 3.63) is 24.3 Å². The van der Waals surface area contributed by atoms with E-state index in [0.717, 1.165) is 0 Å². The number of carbonyl (C=O) groups excluding carboxylic acids is 1. The van der Waals surface area contributed by atoms with E-state index in [4.69, 9.17) is 4.74 Å². The third-order valence-corrected chi connectivity index (χ3v) is 2.66. The summed E-state index contributed by atoms with van der Waals surface area (Å²) in [6, 6.07) is 5.64. The fraction of sp³-hybridized carbons (Fsp3) is 0.125. The Kier molecular flexibility index (Phi) is 5.89. The number of benzene rings is 1. The molecule has 7 heteroatoms. The van der Waals surface area contributed by atoms with Crippen LogP contribution >= 0.6 is 0 Å². The average molecular weight is 240 g/mol. The SMILES string of the molecule is COc1cccc(S(=O)(=O)OC=O)c1.[NaH]. The van der Waals surface area contributed by atoms with Gasteiger partial charge in [0, 0.05) is 6.07 Å². The molecule has 1 rings (SSSR count). The minimum absolute atomic E-state index is 0. The van der Waals surface area contributed by atoms with E-state index < -0.39 is 10.1 Å². The number of hydrogen-bond acceptors (Lipinski definition) is 5. The monoisotopic (exact) mass is 240 g/mol. The second-order valence-corrected chi connectivity index (χ2v) is 3.90. The fourth-order valence-electron chi connectivity index (χ4n) is 0.864. The molecule has 0 saturated heterocycles. The Balaban J connectivity index is 0.00000196. The van der Waals surface area contributed by atoms with Crippen LogP contribution in [0.5, 0.6) is 5.75 Å². The molecule has 0 radical (unpaired) electrons. The van der Waals surface area contributed by atoms with Gasteiger partial charge in [0.25, 0.3) is 0 Å². The van der Waals surface area contributed by atoms with Crippen LogP contribution in [0, 0.1) is 0 Å². The van der Waals surface area contributed by atoms with Gasteiger partial charge in [-0.3, -0.25) is 4.79 Å². The summed E-state index contributed by atoms with van der Waals surface area (Å²) in [5.74, 6) is 0.376. The summed E-state index contributed by atoms with van der Waals surface area (Å²) in [5, 5.41) is 0. The van der Waals surface area contributed by atoms with Crippen LogP contribution in [0.2, 0.25) is 0 Å². The van der Waals surface area contributed by atoms with E-state index in [1.165, 1.54) is 25.3 Å². The van der Waals surface area contributed by atoms with Gasteiger partial charge in [0.05, 0.1) is 7.11 Å². The van der Waals surface area contributed by atoms with Crippen LogP contribution in [0.3, 0.4) is 0 Å². The van der Waals surface area contributed by atoms with E-state index in [9.17, 15) is 13.2 Å². The Labute approximate surface area is 110 Å². The predicted molar refractivity (Wildman–Crippen MR) is 54.5 cm³/mol. The Morgan fingerprint density at radius 3 is 2.53 bits per heavy atom. The first-order valence-corrected chi connectivity index (χ1v) is 5.02. The fourth-order valence-corrected chi connectivity index (χ4v) is 1.58. The van der Waals surface area contributed by atoms with E-state index in [1.807, 2.05) is 0 Å². The van der Waals surface area contributed by atoms with Crippen molar-refractivity contribution in [1.82, 2.24) is 0 Å². The quantitative estimate of drug-likeness (QED) is 0.418. The zero-order valence-electron chi connectivity index (χ0n) is 7.34. The first-order chi connectivity index (χ1) is 6.60. The van der Waals surface area contributed by atoms with E-state index in [1.54, 1.807) is 6.07 Å². The average Bonchev–Trinajstić information content (AvgIpc) is 2.18. The molecule has 0 bridgehead atoms. The molecule has 78 valence electrons. The predicted octanol–water partition coefficient (Wildman–Crippen LogP) is -0.0916. The molecule has 0 saturated carbocycles. The van der Waals surface area contributed by atoms with Crippen molar-refractivity contribution in [3.8, 4) is 5.75 Å². The molecule has 0 spiro atoms. The maximum absolute atomic E-state index is 11.2. The number of ether oxygens (including phenoxy) is 1. The molecule has 0 fully saturated rings. The molecule has 0 aliphatic carbocycles. The Bertz CT molecular complexity index is 428. The van der Waals surface area contributed by atoms with Gasteiger partial charge in [0.15, 0.2) is 0 Å². The van der Waals surface area contributed by atoms with Crippen molar-refractivity contribution in [2.75, 3.05) is 7.11 Å². The first kappa shape index (κ1) is 14.4. The van der Waals surface area contributed by atoms with Crippen LogP contribution in [-0.4, -0.2) is 51.6 Å². The summed E-state index contributed by atoms with van der Waals surface area (Å²) in [6.07, 6.45) is 0. The molecule has 0 unspecified atom stereocenters. The number of hydrogen-bond donors (Lipinski definition) is 0. The van der Waals surface area contributed by atoms with Crippen LogP contribution in [0.1, 0.15) is 0 Å². The van der Waals surface area contributed by atoms with Gasteiger partial charge in [-0.05, 0) is 12.1 Å². The Hall–Kier alpha value is -0.560. The molecule has 0 amide bonds. The summed E-state index contributed by atoms with van der Waals surface area (Å²) in [4.78, 5) is 9.79. The van der Waals surface area contributed by atoms with Crippen LogP contribution in [0.15, 0.2) is 29.2 Å². The van der Waals surface area contributed by atoms with Crippen molar-refractivity contribution in [1.29, 1.82) is 0 Å². The summed E-state index contributed by atoms with van der Waals surface area (Å²) >= 11 is 0. The summed E-state index contributed by atoms with van der Waals surface area (Å²) in [7, 11) is -2.58. The topological polar surface area (TPSA) is 69.7 Å². The normalized spacial score (nSPS) is 9.93. The molecular formula is C8H9NaO5S. The molecule has 15 heavy (non-hydrogen) atoms. The molecule has 0 heterocycles. The molecule has 1 aromatic rings.